The first-order valence-corrected chi connectivity index (χ1v) is 12.7. The first-order valence-electron chi connectivity index (χ1n) is 11.9. The molecule has 1 saturated heterocycles. The molecule has 0 spiro atoms. The van der Waals surface area contributed by atoms with Gasteiger partial charge in [-0.3, -0.25) is 19.8 Å². The Morgan fingerprint density at radius 1 is 1.18 bits per heavy atom. The van der Waals surface area contributed by atoms with E-state index in [1.807, 2.05) is 25.7 Å². The molecule has 184 valence electrons. The molecule has 34 heavy (non-hydrogen) atoms. The molecule has 1 aliphatic heterocycles. The number of hydrogen-bond acceptors (Lipinski definition) is 6. The summed E-state index contributed by atoms with van der Waals surface area (Å²) < 4.78 is 5.42. The summed E-state index contributed by atoms with van der Waals surface area (Å²) in [5.41, 5.74) is 2.04. The Morgan fingerprint density at radius 2 is 1.88 bits per heavy atom. The number of nitrogens with zero attached hydrogens (tertiary/aromatic N) is 3. The Bertz CT molecular complexity index is 959. The summed E-state index contributed by atoms with van der Waals surface area (Å²) in [6.45, 7) is 11.4. The van der Waals surface area contributed by atoms with Crippen molar-refractivity contribution in [1.29, 1.82) is 0 Å². The van der Waals surface area contributed by atoms with Crippen molar-refractivity contribution in [2.45, 2.75) is 49.9 Å². The second kappa shape index (κ2) is 12.9. The van der Waals surface area contributed by atoms with Gasteiger partial charge in [-0.15, -0.1) is 0 Å². The van der Waals surface area contributed by atoms with E-state index in [1.165, 1.54) is 5.56 Å². The van der Waals surface area contributed by atoms with Gasteiger partial charge in [0.15, 0.2) is 0 Å². The van der Waals surface area contributed by atoms with Gasteiger partial charge in [-0.1, -0.05) is 43.3 Å². The number of aryl methyl sites for hydroxylation is 1. The molecular formula is C26H35N3O4S. The largest absolute Gasteiger partial charge is 0.379 e. The van der Waals surface area contributed by atoms with E-state index >= 15 is 0 Å². The highest BCUT2D eigenvalue weighted by Gasteiger charge is 2.20. The molecule has 1 fully saturated rings. The van der Waals surface area contributed by atoms with Crippen LogP contribution in [0.4, 0.5) is 5.69 Å². The fraction of sp³-hybridized carbons (Fsp3) is 0.500. The van der Waals surface area contributed by atoms with Gasteiger partial charge in [0.1, 0.15) is 0 Å². The maximum Gasteiger partial charge on any atom is 0.269 e. The molecule has 0 aromatic heterocycles. The average molecular weight is 486 g/mol. The van der Waals surface area contributed by atoms with Crippen LogP contribution in [0.2, 0.25) is 0 Å². The van der Waals surface area contributed by atoms with E-state index in [1.54, 1.807) is 30.0 Å². The lowest BCUT2D eigenvalue weighted by atomic mass is 10.1. The van der Waals surface area contributed by atoms with Crippen LogP contribution < -0.4 is 0 Å². The summed E-state index contributed by atoms with van der Waals surface area (Å²) in [5.74, 6) is 0.343. The first-order chi connectivity index (χ1) is 16.3. The average Bonchev–Trinajstić information content (AvgIpc) is 2.81. The van der Waals surface area contributed by atoms with Crippen LogP contribution in [0.5, 0.6) is 0 Å². The van der Waals surface area contributed by atoms with Gasteiger partial charge in [-0.05, 0) is 43.0 Å². The topological polar surface area (TPSA) is 75.9 Å². The minimum atomic E-state index is -0.372. The summed E-state index contributed by atoms with van der Waals surface area (Å²) in [6, 6.07) is 13.2. The molecule has 8 heteroatoms. The summed E-state index contributed by atoms with van der Waals surface area (Å²) in [7, 11) is 0. The number of morpholine rings is 1. The Morgan fingerprint density at radius 3 is 2.53 bits per heavy atom. The van der Waals surface area contributed by atoms with Gasteiger partial charge in [0.25, 0.3) is 5.69 Å². The van der Waals surface area contributed by atoms with Crippen LogP contribution in [-0.4, -0.2) is 60.0 Å². The quantitative estimate of drug-likeness (QED) is 0.324. The van der Waals surface area contributed by atoms with Crippen molar-refractivity contribution in [2.24, 2.45) is 5.92 Å². The number of rotatable bonds is 11. The molecule has 0 bridgehead atoms. The second-order valence-corrected chi connectivity index (χ2v) is 10.3. The zero-order valence-electron chi connectivity index (χ0n) is 20.4. The first kappa shape index (κ1) is 26.2. The number of ether oxygens (including phenoxy) is 1. The highest BCUT2D eigenvalue weighted by atomic mass is 32.2. The van der Waals surface area contributed by atoms with Gasteiger partial charge in [-0.2, -0.15) is 0 Å². The molecule has 7 nitrogen and oxygen atoms in total. The Hall–Kier alpha value is -2.42. The highest BCUT2D eigenvalue weighted by Crippen LogP contribution is 2.33. The second-order valence-electron chi connectivity index (χ2n) is 9.19. The van der Waals surface area contributed by atoms with E-state index in [2.05, 4.69) is 29.2 Å². The standard InChI is InChI=1S/C26H35N3O4S/c1-20(2)17-26(30)28(12-4-11-27-13-15-33-16-14-27)19-22-18-23(29(31)32)7-10-25(22)34-24-8-5-21(3)6-9-24/h5-10,18,20H,4,11-17,19H2,1-3H3. The Labute approximate surface area is 206 Å². The number of nitro groups is 1. The van der Waals surface area contributed by atoms with Crippen LogP contribution in [0.1, 0.15) is 37.8 Å². The van der Waals surface area contributed by atoms with Crippen molar-refractivity contribution in [3.8, 4) is 0 Å². The molecule has 0 N–H and O–H groups in total. The van der Waals surface area contributed by atoms with Crippen LogP contribution in [0.25, 0.3) is 0 Å². The molecule has 3 rings (SSSR count). The molecular weight excluding hydrogens is 450 g/mol. The lowest BCUT2D eigenvalue weighted by Crippen LogP contribution is -2.39. The third-order valence-electron chi connectivity index (χ3n) is 5.81. The Kier molecular flexibility index (Phi) is 9.92. The van der Waals surface area contributed by atoms with Crippen LogP contribution in [-0.2, 0) is 16.1 Å². The van der Waals surface area contributed by atoms with E-state index < -0.39 is 0 Å². The smallest absolute Gasteiger partial charge is 0.269 e. The minimum Gasteiger partial charge on any atom is -0.379 e. The molecule has 1 aliphatic rings. The van der Waals surface area contributed by atoms with Gasteiger partial charge in [-0.25, -0.2) is 0 Å². The van der Waals surface area contributed by atoms with Crippen molar-refractivity contribution in [3.05, 3.63) is 63.7 Å². The van der Waals surface area contributed by atoms with Crippen molar-refractivity contribution >= 4 is 23.4 Å². The summed E-state index contributed by atoms with van der Waals surface area (Å²) >= 11 is 1.57. The van der Waals surface area contributed by atoms with Gasteiger partial charge >= 0.3 is 0 Å². The van der Waals surface area contributed by atoms with Crippen LogP contribution in [0, 0.1) is 23.0 Å². The number of carbonyl (C=O) groups is 1. The fourth-order valence-corrected chi connectivity index (χ4v) is 4.84. The van der Waals surface area contributed by atoms with E-state index in [9.17, 15) is 14.9 Å². The van der Waals surface area contributed by atoms with E-state index in [0.29, 0.717) is 19.5 Å². The third-order valence-corrected chi connectivity index (χ3v) is 6.93. The molecule has 0 aliphatic carbocycles. The predicted molar refractivity (Wildman–Crippen MR) is 135 cm³/mol. The normalized spacial score (nSPS) is 14.4. The zero-order chi connectivity index (χ0) is 24.5. The Balaban J connectivity index is 1.79. The highest BCUT2D eigenvalue weighted by molar-refractivity contribution is 7.99. The van der Waals surface area contributed by atoms with E-state index in [0.717, 1.165) is 54.6 Å². The van der Waals surface area contributed by atoms with Crippen LogP contribution >= 0.6 is 11.8 Å². The van der Waals surface area contributed by atoms with Crippen molar-refractivity contribution < 1.29 is 14.5 Å². The number of amides is 1. The van der Waals surface area contributed by atoms with Crippen molar-refractivity contribution in [3.63, 3.8) is 0 Å². The molecule has 0 saturated carbocycles. The molecule has 1 amide bonds. The van der Waals surface area contributed by atoms with Gasteiger partial charge in [0.2, 0.25) is 5.91 Å². The molecule has 0 radical (unpaired) electrons. The van der Waals surface area contributed by atoms with E-state index in [4.69, 9.17) is 4.74 Å². The summed E-state index contributed by atoms with van der Waals surface area (Å²) in [6.07, 6.45) is 1.33. The number of nitro benzene ring substituents is 1. The predicted octanol–water partition coefficient (Wildman–Crippen LogP) is 5.15. The van der Waals surface area contributed by atoms with Crippen molar-refractivity contribution in [1.82, 2.24) is 9.80 Å². The molecule has 0 unspecified atom stereocenters. The monoisotopic (exact) mass is 485 g/mol. The minimum absolute atomic E-state index is 0.0489. The number of non-ortho nitro benzene ring substituents is 1. The lowest BCUT2D eigenvalue weighted by molar-refractivity contribution is -0.385. The number of benzene rings is 2. The van der Waals surface area contributed by atoms with Gasteiger partial charge < -0.3 is 9.64 Å². The number of carbonyl (C=O) groups excluding carboxylic acids is 1. The summed E-state index contributed by atoms with van der Waals surface area (Å²) in [4.78, 5) is 30.5. The van der Waals surface area contributed by atoms with Crippen LogP contribution in [0.15, 0.2) is 52.3 Å². The maximum atomic E-state index is 13.1. The molecule has 1 heterocycles. The van der Waals surface area contributed by atoms with Gasteiger partial charge in [0.05, 0.1) is 18.1 Å². The van der Waals surface area contributed by atoms with E-state index in [-0.39, 0.29) is 22.4 Å². The number of hydrogen-bond donors (Lipinski definition) is 0. The third kappa shape index (κ3) is 8.11. The van der Waals surface area contributed by atoms with Crippen molar-refractivity contribution in [2.75, 3.05) is 39.4 Å². The molecule has 2 aromatic carbocycles. The molecule has 2 aromatic rings. The van der Waals surface area contributed by atoms with Gasteiger partial charge in [0, 0.05) is 61.1 Å². The zero-order valence-corrected chi connectivity index (χ0v) is 21.2. The van der Waals surface area contributed by atoms with Crippen LogP contribution in [0.3, 0.4) is 0 Å². The fourth-order valence-electron chi connectivity index (χ4n) is 3.92. The summed E-state index contributed by atoms with van der Waals surface area (Å²) in [5, 5.41) is 11.5. The maximum absolute atomic E-state index is 13.1. The SMILES string of the molecule is Cc1ccc(Sc2ccc([N+](=O)[O-])cc2CN(CCCN2CCOCC2)C(=O)CC(C)C)cc1. The lowest BCUT2D eigenvalue weighted by Gasteiger charge is -2.29. The molecule has 0 atom stereocenters.